The van der Waals surface area contributed by atoms with Gasteiger partial charge in [0.1, 0.15) is 0 Å². The van der Waals surface area contributed by atoms with Gasteiger partial charge in [0.2, 0.25) is 10.1 Å². The number of nitrogens with zero attached hydrogens (tertiary/aromatic N) is 3. The number of aryl methyl sites for hydroxylation is 1. The number of sulfonamides is 1. The predicted molar refractivity (Wildman–Crippen MR) is 54.2 cm³/mol. The molecule has 1 rings (SSSR count). The van der Waals surface area contributed by atoms with Gasteiger partial charge >= 0.3 is 10.0 Å². The molecule has 0 saturated heterocycles. The maximum Gasteiger partial charge on any atom is 0.380 e. The van der Waals surface area contributed by atoms with Gasteiger partial charge in [-0.1, -0.05) is 17.7 Å². The first kappa shape index (κ1) is 12.8. The van der Waals surface area contributed by atoms with Crippen LogP contribution in [0.3, 0.4) is 0 Å². The molecule has 0 aliphatic carbocycles. The van der Waals surface area contributed by atoms with E-state index in [1.54, 1.807) is 6.92 Å². The topological polar surface area (TPSA) is 124 Å². The van der Waals surface area contributed by atoms with E-state index < -0.39 is 29.5 Å². The average molecular weight is 261 g/mol. The molecule has 0 atom stereocenters. The van der Waals surface area contributed by atoms with Crippen molar-refractivity contribution in [3.8, 4) is 0 Å². The summed E-state index contributed by atoms with van der Waals surface area (Å²) in [5.41, 5.74) is 0.720. The van der Waals surface area contributed by atoms with Crippen LogP contribution in [-0.4, -0.2) is 23.0 Å². The fourth-order valence-electron chi connectivity index (χ4n) is 1.04. The quantitative estimate of drug-likeness (QED) is 0.569. The van der Waals surface area contributed by atoms with E-state index in [4.69, 9.17) is 0 Å². The lowest BCUT2D eigenvalue weighted by Crippen LogP contribution is -2.40. The standard InChI is InChI=1S/C7H7N3O6S/c1-6-2-4-7(5-3-6)17(15,16)8(9(11)12)10(13)14/h2-5H,1H3. The van der Waals surface area contributed by atoms with E-state index in [1.165, 1.54) is 12.1 Å². The Labute approximate surface area is 95.6 Å². The molecule has 0 radical (unpaired) electrons. The van der Waals surface area contributed by atoms with E-state index in [2.05, 4.69) is 0 Å². The highest BCUT2D eigenvalue weighted by atomic mass is 32.2. The summed E-state index contributed by atoms with van der Waals surface area (Å²) in [6, 6.07) is 4.88. The van der Waals surface area contributed by atoms with Crippen LogP contribution in [0.1, 0.15) is 5.56 Å². The predicted octanol–water partition coefficient (Wildman–Crippen LogP) is 0.369. The molecule has 9 nitrogen and oxygen atoms in total. The van der Waals surface area contributed by atoms with Crippen LogP contribution in [0.15, 0.2) is 29.2 Å². The van der Waals surface area contributed by atoms with Crippen molar-refractivity contribution in [1.29, 1.82) is 0 Å². The zero-order chi connectivity index (χ0) is 13.2. The van der Waals surface area contributed by atoms with E-state index in [0.29, 0.717) is 0 Å². The summed E-state index contributed by atoms with van der Waals surface area (Å²) >= 11 is 0. The number of hydrogen-bond donors (Lipinski definition) is 0. The van der Waals surface area contributed by atoms with Crippen LogP contribution < -0.4 is 0 Å². The molecule has 0 spiro atoms. The Kier molecular flexibility index (Phi) is 3.27. The fourth-order valence-corrected chi connectivity index (χ4v) is 2.06. The molecule has 0 fully saturated rings. The molecule has 1 aromatic rings. The molecular weight excluding hydrogens is 254 g/mol. The van der Waals surface area contributed by atoms with Crippen molar-refractivity contribution in [2.45, 2.75) is 11.8 Å². The molecule has 0 aliphatic rings. The first-order valence-electron chi connectivity index (χ1n) is 4.17. The van der Waals surface area contributed by atoms with Gasteiger partial charge in [-0.25, -0.2) is 20.2 Å². The average Bonchev–Trinajstić information content (AvgIpc) is 2.16. The Balaban J connectivity index is 3.31. The molecule has 0 heterocycles. The molecule has 0 N–H and O–H groups in total. The van der Waals surface area contributed by atoms with E-state index >= 15 is 0 Å². The summed E-state index contributed by atoms with van der Waals surface area (Å²) in [5.74, 6) is 0. The third-order valence-electron chi connectivity index (χ3n) is 1.81. The normalized spacial score (nSPS) is 10.9. The Hall–Kier alpha value is -2.23. The van der Waals surface area contributed by atoms with Crippen LogP contribution in [0.5, 0.6) is 0 Å². The van der Waals surface area contributed by atoms with E-state index in [9.17, 15) is 28.6 Å². The largest absolute Gasteiger partial charge is 0.380 e. The Morgan fingerprint density at radius 1 is 1.06 bits per heavy atom. The fraction of sp³-hybridized carbons (Fsp3) is 0.143. The van der Waals surface area contributed by atoms with Gasteiger partial charge in [0, 0.05) is 0 Å². The summed E-state index contributed by atoms with van der Waals surface area (Å²) in [6.07, 6.45) is 0. The van der Waals surface area contributed by atoms with Crippen molar-refractivity contribution < 1.29 is 18.5 Å². The molecule has 17 heavy (non-hydrogen) atoms. The van der Waals surface area contributed by atoms with Gasteiger partial charge in [0.05, 0.1) is 4.90 Å². The number of nitro groups is 2. The van der Waals surface area contributed by atoms with Crippen molar-refractivity contribution >= 4 is 10.0 Å². The molecule has 10 heteroatoms. The number of rotatable bonds is 4. The lowest BCUT2D eigenvalue weighted by atomic mass is 10.2. The Morgan fingerprint density at radius 2 is 1.47 bits per heavy atom. The molecular formula is C7H7N3O6S. The maximum absolute atomic E-state index is 11.6. The van der Waals surface area contributed by atoms with Gasteiger partial charge in [0.15, 0.2) is 0 Å². The molecule has 92 valence electrons. The van der Waals surface area contributed by atoms with Crippen molar-refractivity contribution in [1.82, 2.24) is 4.52 Å². The van der Waals surface area contributed by atoms with Gasteiger partial charge < -0.3 is 0 Å². The minimum absolute atomic E-state index is 0.517. The van der Waals surface area contributed by atoms with Gasteiger partial charge in [-0.3, -0.25) is 0 Å². The van der Waals surface area contributed by atoms with Crippen molar-refractivity contribution in [3.05, 3.63) is 50.1 Å². The molecule has 0 unspecified atom stereocenters. The summed E-state index contributed by atoms with van der Waals surface area (Å²) in [7, 11) is -4.78. The Morgan fingerprint density at radius 3 is 1.82 bits per heavy atom. The summed E-state index contributed by atoms with van der Waals surface area (Å²) in [5, 5.41) is 17.5. The van der Waals surface area contributed by atoms with Gasteiger partial charge in [-0.05, 0) is 19.1 Å². The van der Waals surface area contributed by atoms with Crippen molar-refractivity contribution in [3.63, 3.8) is 0 Å². The van der Waals surface area contributed by atoms with Crippen LogP contribution >= 0.6 is 0 Å². The lowest BCUT2D eigenvalue weighted by Gasteiger charge is -2.04. The van der Waals surface area contributed by atoms with E-state index in [-0.39, 0.29) is 0 Å². The molecule has 0 bridgehead atoms. The number of benzene rings is 1. The third-order valence-corrected chi connectivity index (χ3v) is 3.38. The van der Waals surface area contributed by atoms with Crippen molar-refractivity contribution in [2.75, 3.05) is 0 Å². The summed E-state index contributed by atoms with van der Waals surface area (Å²) in [4.78, 5) is 20.2. The molecule has 0 aromatic heterocycles. The van der Waals surface area contributed by atoms with Crippen LogP contribution in [0.4, 0.5) is 0 Å². The smallest absolute Gasteiger partial charge is 0.229 e. The van der Waals surface area contributed by atoms with Crippen LogP contribution in [0.25, 0.3) is 0 Å². The monoisotopic (exact) mass is 261 g/mol. The number of hydrazine groups is 2. The second kappa shape index (κ2) is 4.33. The first-order chi connectivity index (χ1) is 7.76. The highest BCUT2D eigenvalue weighted by molar-refractivity contribution is 7.88. The zero-order valence-corrected chi connectivity index (χ0v) is 9.33. The highest BCUT2D eigenvalue weighted by Crippen LogP contribution is 2.16. The number of hydrogen-bond acceptors (Lipinski definition) is 6. The van der Waals surface area contributed by atoms with Crippen LogP contribution in [0, 0.1) is 27.2 Å². The van der Waals surface area contributed by atoms with Gasteiger partial charge in [-0.2, -0.15) is 8.42 Å². The van der Waals surface area contributed by atoms with Crippen LogP contribution in [0.2, 0.25) is 0 Å². The molecule has 1 aromatic carbocycles. The van der Waals surface area contributed by atoms with E-state index in [0.717, 1.165) is 17.7 Å². The van der Waals surface area contributed by atoms with Gasteiger partial charge in [-0.15, -0.1) is 0 Å². The molecule has 0 saturated carbocycles. The van der Waals surface area contributed by atoms with Crippen molar-refractivity contribution in [2.24, 2.45) is 0 Å². The zero-order valence-electron chi connectivity index (χ0n) is 8.51. The second-order valence-electron chi connectivity index (χ2n) is 3.02. The highest BCUT2D eigenvalue weighted by Gasteiger charge is 2.44. The minimum Gasteiger partial charge on any atom is -0.229 e. The summed E-state index contributed by atoms with van der Waals surface area (Å²) in [6.45, 7) is 1.68. The minimum atomic E-state index is -4.78. The van der Waals surface area contributed by atoms with Crippen LogP contribution in [-0.2, 0) is 10.0 Å². The van der Waals surface area contributed by atoms with E-state index in [1.807, 2.05) is 0 Å². The molecule has 0 amide bonds. The SMILES string of the molecule is Cc1ccc(S(=O)(=O)N([N+](=O)[O-])[N+](=O)[O-])cc1. The lowest BCUT2D eigenvalue weighted by molar-refractivity contribution is -0.870. The Bertz CT molecular complexity index is 537. The van der Waals surface area contributed by atoms with Gasteiger partial charge in [0.25, 0.3) is 4.52 Å². The third kappa shape index (κ3) is 2.47. The first-order valence-corrected chi connectivity index (χ1v) is 5.61. The molecule has 0 aliphatic heterocycles. The maximum atomic E-state index is 11.6. The second-order valence-corrected chi connectivity index (χ2v) is 4.76. The summed E-state index contributed by atoms with van der Waals surface area (Å²) < 4.78 is 22.1.